The molecule has 0 N–H and O–H groups in total. The fourth-order valence-electron chi connectivity index (χ4n) is 2.88. The van der Waals surface area contributed by atoms with E-state index in [0.29, 0.717) is 11.3 Å². The number of allylic oxidation sites excluding steroid dienone is 1. The van der Waals surface area contributed by atoms with Crippen LogP contribution in [0.2, 0.25) is 10.0 Å². The van der Waals surface area contributed by atoms with Gasteiger partial charge in [0.25, 0.3) is 0 Å². The normalized spacial score (nSPS) is 18.0. The maximum atomic E-state index is 14.7. The van der Waals surface area contributed by atoms with E-state index in [-0.39, 0.29) is 33.7 Å². The van der Waals surface area contributed by atoms with Crippen LogP contribution in [-0.2, 0) is 14.4 Å². The van der Waals surface area contributed by atoms with Crippen molar-refractivity contribution in [3.63, 3.8) is 0 Å². The molecule has 0 fully saturated rings. The molecule has 158 valence electrons. The van der Waals surface area contributed by atoms with E-state index in [4.69, 9.17) is 32.8 Å². The summed E-state index contributed by atoms with van der Waals surface area (Å²) in [4.78, 5) is 22.0. The summed E-state index contributed by atoms with van der Waals surface area (Å²) >= 11 is 14.0. The lowest BCUT2D eigenvalue weighted by Gasteiger charge is -2.19. The van der Waals surface area contributed by atoms with Gasteiger partial charge in [-0.3, -0.25) is 4.98 Å². The van der Waals surface area contributed by atoms with E-state index in [1.54, 1.807) is 19.2 Å². The third-order valence-electron chi connectivity index (χ3n) is 4.56. The van der Waals surface area contributed by atoms with Crippen molar-refractivity contribution in [2.45, 2.75) is 25.9 Å². The Balaban J connectivity index is 1.95. The van der Waals surface area contributed by atoms with Crippen molar-refractivity contribution in [3.05, 3.63) is 58.0 Å². The smallest absolute Gasteiger partial charge is 0.354 e. The van der Waals surface area contributed by atoms with Gasteiger partial charge in [-0.15, -0.1) is 11.8 Å². The zero-order valence-electron chi connectivity index (χ0n) is 16.6. The number of ether oxygens (including phenoxy) is 1. The molecule has 1 unspecified atom stereocenters. The van der Waals surface area contributed by atoms with Crippen LogP contribution in [0, 0.1) is 5.82 Å². The minimum Gasteiger partial charge on any atom is -0.452 e. The largest absolute Gasteiger partial charge is 0.452 e. The molecule has 0 saturated heterocycles. The molecule has 0 radical (unpaired) electrons. The molecule has 2 heterocycles. The summed E-state index contributed by atoms with van der Waals surface area (Å²) in [5.74, 6) is -0.907. The molecule has 0 amide bonds. The Kier molecular flexibility index (Phi) is 6.75. The molecule has 5 nitrogen and oxygen atoms in total. The predicted molar refractivity (Wildman–Crippen MR) is 119 cm³/mol. The van der Waals surface area contributed by atoms with E-state index in [9.17, 15) is 9.18 Å². The lowest BCUT2D eigenvalue weighted by atomic mass is 9.94. The Labute approximate surface area is 188 Å². The van der Waals surface area contributed by atoms with Crippen LogP contribution < -0.4 is 0 Å². The second-order valence-electron chi connectivity index (χ2n) is 7.02. The van der Waals surface area contributed by atoms with Crippen molar-refractivity contribution in [2.75, 3.05) is 12.2 Å². The van der Waals surface area contributed by atoms with Crippen molar-refractivity contribution in [2.24, 2.45) is 5.16 Å². The van der Waals surface area contributed by atoms with Gasteiger partial charge in [0, 0.05) is 23.7 Å². The van der Waals surface area contributed by atoms with Crippen LogP contribution in [0.1, 0.15) is 31.4 Å². The number of esters is 1. The molecule has 1 atom stereocenters. The number of pyridine rings is 1. The van der Waals surface area contributed by atoms with Gasteiger partial charge >= 0.3 is 5.97 Å². The van der Waals surface area contributed by atoms with Crippen LogP contribution in [-0.4, -0.2) is 34.5 Å². The fourth-order valence-corrected chi connectivity index (χ4v) is 3.63. The third kappa shape index (κ3) is 4.48. The molecule has 30 heavy (non-hydrogen) atoms. The Bertz CT molecular complexity index is 1060. The lowest BCUT2D eigenvalue weighted by molar-refractivity contribution is -0.164. The van der Waals surface area contributed by atoms with Crippen LogP contribution in [0.15, 0.2) is 36.1 Å². The Morgan fingerprint density at radius 2 is 2.07 bits per heavy atom. The number of carbonyl (C=O) groups is 1. The third-order valence-corrected chi connectivity index (χ3v) is 5.51. The topological polar surface area (TPSA) is 60.8 Å². The lowest BCUT2D eigenvalue weighted by Crippen LogP contribution is -2.37. The van der Waals surface area contributed by atoms with Crippen molar-refractivity contribution in [1.29, 1.82) is 0 Å². The first-order valence-electron chi connectivity index (χ1n) is 8.88. The van der Waals surface area contributed by atoms with Gasteiger partial charge in [0.2, 0.25) is 5.60 Å². The standard InChI is InChI=1S/C21H19Cl2FN2O3S/c1-11(2)12-5-16(23)19(25-9-12)14-6-13(15(22)7-17(14)24)18-8-21(3,29-26-18)20(27)28-10-30-4/h5-7,9H,1,8,10H2,2-4H3. The van der Waals surface area contributed by atoms with Crippen molar-refractivity contribution in [1.82, 2.24) is 4.98 Å². The number of thioether (sulfide) groups is 1. The molecule has 2 aromatic rings. The summed E-state index contributed by atoms with van der Waals surface area (Å²) in [5, 5.41) is 4.42. The first kappa shape index (κ1) is 22.6. The van der Waals surface area contributed by atoms with Crippen LogP contribution >= 0.6 is 35.0 Å². The molecular formula is C21H19Cl2FN2O3S. The van der Waals surface area contributed by atoms with Crippen LogP contribution in [0.4, 0.5) is 4.39 Å². The van der Waals surface area contributed by atoms with Gasteiger partial charge in [-0.2, -0.15) is 0 Å². The number of hydrogen-bond donors (Lipinski definition) is 0. The maximum Gasteiger partial charge on any atom is 0.354 e. The Morgan fingerprint density at radius 1 is 1.33 bits per heavy atom. The van der Waals surface area contributed by atoms with Crippen LogP contribution in [0.25, 0.3) is 16.8 Å². The highest BCUT2D eigenvalue weighted by Gasteiger charge is 2.44. The highest BCUT2D eigenvalue weighted by atomic mass is 35.5. The quantitative estimate of drug-likeness (QED) is 0.385. The number of oxime groups is 1. The molecule has 0 bridgehead atoms. The second-order valence-corrected chi connectivity index (χ2v) is 8.65. The molecule has 9 heteroatoms. The molecule has 1 aromatic heterocycles. The van der Waals surface area contributed by atoms with Gasteiger partial charge in [0.05, 0.1) is 21.5 Å². The summed E-state index contributed by atoms with van der Waals surface area (Å²) in [6.45, 7) is 7.26. The van der Waals surface area contributed by atoms with E-state index in [0.717, 1.165) is 11.1 Å². The van der Waals surface area contributed by atoms with Gasteiger partial charge < -0.3 is 9.57 Å². The van der Waals surface area contributed by atoms with Crippen LogP contribution in [0.3, 0.4) is 0 Å². The number of carbonyl (C=O) groups excluding carboxylic acids is 1. The first-order chi connectivity index (χ1) is 14.2. The molecule has 1 aliphatic heterocycles. The average Bonchev–Trinajstić information content (AvgIpc) is 3.09. The minimum atomic E-state index is -1.28. The van der Waals surface area contributed by atoms with E-state index < -0.39 is 17.4 Å². The highest BCUT2D eigenvalue weighted by Crippen LogP contribution is 2.36. The summed E-state index contributed by atoms with van der Waals surface area (Å²) in [7, 11) is 0. The predicted octanol–water partition coefficient (Wildman–Crippen LogP) is 5.97. The van der Waals surface area contributed by atoms with E-state index in [1.807, 2.05) is 13.2 Å². The molecule has 0 saturated carbocycles. The van der Waals surface area contributed by atoms with Crippen molar-refractivity contribution < 1.29 is 18.8 Å². The summed E-state index contributed by atoms with van der Waals surface area (Å²) in [6, 6.07) is 4.35. The fraction of sp³-hybridized carbons (Fsp3) is 0.286. The van der Waals surface area contributed by atoms with Crippen molar-refractivity contribution >= 4 is 52.2 Å². The zero-order valence-corrected chi connectivity index (χ0v) is 18.9. The van der Waals surface area contributed by atoms with Gasteiger partial charge in [-0.1, -0.05) is 34.9 Å². The highest BCUT2D eigenvalue weighted by molar-refractivity contribution is 7.98. The van der Waals surface area contributed by atoms with E-state index >= 15 is 0 Å². The van der Waals surface area contributed by atoms with Gasteiger partial charge in [0.15, 0.2) is 0 Å². The maximum absolute atomic E-state index is 14.7. The number of benzene rings is 1. The molecule has 1 aliphatic rings. The van der Waals surface area contributed by atoms with Gasteiger partial charge in [0.1, 0.15) is 11.8 Å². The second kappa shape index (κ2) is 8.96. The molecule has 1 aromatic carbocycles. The summed E-state index contributed by atoms with van der Waals surface area (Å²) in [5.41, 5.74) is 1.52. The van der Waals surface area contributed by atoms with Crippen LogP contribution in [0.5, 0.6) is 0 Å². The summed E-state index contributed by atoms with van der Waals surface area (Å²) < 4.78 is 19.9. The summed E-state index contributed by atoms with van der Waals surface area (Å²) in [6.07, 6.45) is 3.52. The minimum absolute atomic E-state index is 0.126. The molecule has 3 rings (SSSR count). The zero-order chi connectivity index (χ0) is 22.1. The average molecular weight is 469 g/mol. The number of hydrogen-bond acceptors (Lipinski definition) is 6. The monoisotopic (exact) mass is 468 g/mol. The van der Waals surface area contributed by atoms with E-state index in [1.165, 1.54) is 23.9 Å². The van der Waals surface area contributed by atoms with Gasteiger partial charge in [-0.25, -0.2) is 9.18 Å². The molecule has 0 aliphatic carbocycles. The SMILES string of the molecule is C=C(C)c1cnc(-c2cc(C3=NOC(C)(C(=O)OCSC)C3)c(Cl)cc2F)c(Cl)c1. The van der Waals surface area contributed by atoms with E-state index in [2.05, 4.69) is 16.7 Å². The number of nitrogens with zero attached hydrogens (tertiary/aromatic N) is 2. The van der Waals surface area contributed by atoms with Gasteiger partial charge in [-0.05, 0) is 49.4 Å². The first-order valence-corrected chi connectivity index (χ1v) is 11.0. The van der Waals surface area contributed by atoms with Crippen molar-refractivity contribution in [3.8, 4) is 11.3 Å². The Hall–Kier alpha value is -2.09. The molecular weight excluding hydrogens is 450 g/mol. The molecule has 0 spiro atoms. The number of rotatable bonds is 6. The Morgan fingerprint density at radius 3 is 2.70 bits per heavy atom. The number of aromatic nitrogens is 1. The number of halogens is 3.